The molecule has 0 fully saturated rings. The number of hydrogen-bond acceptors (Lipinski definition) is 3. The number of aromatic carboxylic acids is 1. The molecule has 16 heavy (non-hydrogen) atoms. The minimum atomic E-state index is -4.54. The first-order valence-corrected chi connectivity index (χ1v) is 3.99. The van der Waals surface area contributed by atoms with Gasteiger partial charge in [0.1, 0.15) is 23.7 Å². The van der Waals surface area contributed by atoms with Crippen LogP contribution in [0.4, 0.5) is 23.4 Å². The molecule has 4 nitrogen and oxygen atoms in total. The van der Waals surface area contributed by atoms with Crippen LogP contribution in [0.25, 0.3) is 0 Å². The van der Waals surface area contributed by atoms with Gasteiger partial charge < -0.3 is 10.4 Å². The number of carboxylic acids is 1. The molecule has 0 spiro atoms. The van der Waals surface area contributed by atoms with Crippen LogP contribution in [0.3, 0.4) is 0 Å². The first-order valence-electron chi connectivity index (χ1n) is 3.99. The van der Waals surface area contributed by atoms with Crippen molar-refractivity contribution in [1.82, 2.24) is 4.98 Å². The zero-order valence-electron chi connectivity index (χ0n) is 7.68. The highest BCUT2D eigenvalue weighted by molar-refractivity contribution is 5.93. The number of alkyl halides is 3. The van der Waals surface area contributed by atoms with Gasteiger partial charge in [-0.1, -0.05) is 0 Å². The number of aromatic nitrogens is 1. The molecule has 8 heteroatoms. The topological polar surface area (TPSA) is 62.2 Å². The smallest absolute Gasteiger partial charge is 0.405 e. The van der Waals surface area contributed by atoms with E-state index < -0.39 is 35.9 Å². The molecule has 2 N–H and O–H groups in total. The Morgan fingerprint density at radius 2 is 2.12 bits per heavy atom. The van der Waals surface area contributed by atoms with Gasteiger partial charge >= 0.3 is 12.1 Å². The van der Waals surface area contributed by atoms with Crippen molar-refractivity contribution in [3.63, 3.8) is 0 Å². The largest absolute Gasteiger partial charge is 0.477 e. The van der Waals surface area contributed by atoms with E-state index in [0.29, 0.717) is 0 Å². The molecule has 1 heterocycles. The maximum Gasteiger partial charge on any atom is 0.405 e. The summed E-state index contributed by atoms with van der Waals surface area (Å²) in [6.07, 6.45) is -3.66. The molecule has 0 atom stereocenters. The van der Waals surface area contributed by atoms with E-state index in [2.05, 4.69) is 4.98 Å². The number of pyridine rings is 1. The molecule has 0 saturated heterocycles. The van der Waals surface area contributed by atoms with E-state index >= 15 is 0 Å². The van der Waals surface area contributed by atoms with Crippen molar-refractivity contribution in [2.45, 2.75) is 6.18 Å². The molecular weight excluding hydrogens is 232 g/mol. The monoisotopic (exact) mass is 238 g/mol. The lowest BCUT2D eigenvalue weighted by Crippen LogP contribution is -2.23. The minimum absolute atomic E-state index is 0.648. The van der Waals surface area contributed by atoms with Crippen molar-refractivity contribution in [2.24, 2.45) is 0 Å². The van der Waals surface area contributed by atoms with Gasteiger partial charge in [0.2, 0.25) is 0 Å². The van der Waals surface area contributed by atoms with E-state index in [1.807, 2.05) is 0 Å². The molecule has 0 bridgehead atoms. The van der Waals surface area contributed by atoms with Crippen LogP contribution in [0.5, 0.6) is 0 Å². The molecule has 1 rings (SSSR count). The summed E-state index contributed by atoms with van der Waals surface area (Å²) in [7, 11) is 0. The SMILES string of the molecule is O=C(O)c1c(F)ccnc1NCC(F)(F)F. The average Bonchev–Trinajstić information content (AvgIpc) is 2.12. The summed E-state index contributed by atoms with van der Waals surface area (Å²) in [4.78, 5) is 13.9. The molecule has 1 aromatic rings. The van der Waals surface area contributed by atoms with E-state index in [1.54, 1.807) is 5.32 Å². The normalized spacial score (nSPS) is 11.2. The summed E-state index contributed by atoms with van der Waals surface area (Å²) in [5.41, 5.74) is -0.910. The van der Waals surface area contributed by atoms with Crippen LogP contribution < -0.4 is 5.32 Å². The summed E-state index contributed by atoms with van der Waals surface area (Å²) in [5, 5.41) is 10.3. The maximum atomic E-state index is 13.0. The van der Waals surface area contributed by atoms with Crippen molar-refractivity contribution in [1.29, 1.82) is 0 Å². The number of hydrogen-bond donors (Lipinski definition) is 2. The third-order valence-electron chi connectivity index (χ3n) is 1.57. The lowest BCUT2D eigenvalue weighted by atomic mass is 10.2. The average molecular weight is 238 g/mol. The molecule has 0 saturated carbocycles. The maximum absolute atomic E-state index is 13.0. The van der Waals surface area contributed by atoms with Crippen LogP contribution >= 0.6 is 0 Å². The summed E-state index contributed by atoms with van der Waals surface area (Å²) in [6.45, 7) is -1.48. The van der Waals surface area contributed by atoms with E-state index in [-0.39, 0.29) is 0 Å². The second-order valence-electron chi connectivity index (χ2n) is 2.79. The quantitative estimate of drug-likeness (QED) is 0.789. The summed E-state index contributed by atoms with van der Waals surface area (Å²) in [5.74, 6) is -3.48. The van der Waals surface area contributed by atoms with E-state index in [9.17, 15) is 22.4 Å². The Kier molecular flexibility index (Phi) is 3.31. The Hall–Kier alpha value is -1.86. The fourth-order valence-electron chi connectivity index (χ4n) is 0.960. The Balaban J connectivity index is 2.96. The molecule has 1 aromatic heterocycles. The van der Waals surface area contributed by atoms with Crippen LogP contribution in [0, 0.1) is 5.82 Å². The van der Waals surface area contributed by atoms with Gasteiger partial charge in [-0.2, -0.15) is 13.2 Å². The molecule has 0 radical (unpaired) electrons. The lowest BCUT2D eigenvalue weighted by molar-refractivity contribution is -0.115. The standard InChI is InChI=1S/C8H6F4N2O2/c9-4-1-2-13-6(5(4)7(15)16)14-3-8(10,11)12/h1-2H,3H2,(H,13,14)(H,15,16). The highest BCUT2D eigenvalue weighted by Gasteiger charge is 2.28. The van der Waals surface area contributed by atoms with Crippen LogP contribution in [-0.4, -0.2) is 28.8 Å². The highest BCUT2D eigenvalue weighted by atomic mass is 19.4. The number of carboxylic acid groups (broad SMARTS) is 1. The van der Waals surface area contributed by atoms with E-state index in [4.69, 9.17) is 5.11 Å². The second-order valence-corrected chi connectivity index (χ2v) is 2.79. The zero-order valence-corrected chi connectivity index (χ0v) is 7.68. The van der Waals surface area contributed by atoms with Crippen molar-refractivity contribution in [3.8, 4) is 0 Å². The van der Waals surface area contributed by atoms with Gasteiger partial charge in [-0.3, -0.25) is 0 Å². The lowest BCUT2D eigenvalue weighted by Gasteiger charge is -2.10. The van der Waals surface area contributed by atoms with Crippen molar-refractivity contribution >= 4 is 11.8 Å². The Morgan fingerprint density at radius 3 is 2.62 bits per heavy atom. The van der Waals surface area contributed by atoms with Gasteiger partial charge in [-0.15, -0.1) is 0 Å². The van der Waals surface area contributed by atoms with Crippen molar-refractivity contribution in [2.75, 3.05) is 11.9 Å². The second kappa shape index (κ2) is 4.33. The molecule has 0 aliphatic carbocycles. The number of halogens is 4. The van der Waals surface area contributed by atoms with Crippen molar-refractivity contribution in [3.05, 3.63) is 23.6 Å². The molecule has 0 amide bonds. The summed E-state index contributed by atoms with van der Waals surface area (Å²) >= 11 is 0. The number of nitrogens with one attached hydrogen (secondary N) is 1. The fourth-order valence-corrected chi connectivity index (χ4v) is 0.960. The fraction of sp³-hybridized carbons (Fsp3) is 0.250. The number of carbonyl (C=O) groups is 1. The number of rotatable bonds is 3. The third-order valence-corrected chi connectivity index (χ3v) is 1.57. The molecule has 0 unspecified atom stereocenters. The Bertz CT molecular complexity index is 406. The number of nitrogens with zero attached hydrogens (tertiary/aromatic N) is 1. The highest BCUT2D eigenvalue weighted by Crippen LogP contribution is 2.19. The molecule has 0 aliphatic heterocycles. The summed E-state index contributed by atoms with van der Waals surface area (Å²) < 4.78 is 48.5. The molecule has 0 aromatic carbocycles. The van der Waals surface area contributed by atoms with Crippen LogP contribution in [0.1, 0.15) is 10.4 Å². The van der Waals surface area contributed by atoms with Gasteiger partial charge in [0.25, 0.3) is 0 Å². The molecule has 88 valence electrons. The number of anilines is 1. The predicted octanol–water partition coefficient (Wildman–Crippen LogP) is 1.89. The van der Waals surface area contributed by atoms with Gasteiger partial charge in [0.15, 0.2) is 0 Å². The van der Waals surface area contributed by atoms with Crippen molar-refractivity contribution < 1.29 is 27.5 Å². The first-order chi connectivity index (χ1) is 7.31. The zero-order chi connectivity index (χ0) is 12.3. The Labute approximate surface area is 86.9 Å². The van der Waals surface area contributed by atoms with E-state index in [0.717, 1.165) is 12.3 Å². The molecular formula is C8H6F4N2O2. The molecule has 0 aliphatic rings. The van der Waals surface area contributed by atoms with Crippen LogP contribution in [0.2, 0.25) is 0 Å². The van der Waals surface area contributed by atoms with Gasteiger partial charge in [-0.25, -0.2) is 14.2 Å². The van der Waals surface area contributed by atoms with Gasteiger partial charge in [0, 0.05) is 6.20 Å². The van der Waals surface area contributed by atoms with Crippen LogP contribution in [0.15, 0.2) is 12.3 Å². The van der Waals surface area contributed by atoms with Crippen LogP contribution in [-0.2, 0) is 0 Å². The third kappa shape index (κ3) is 3.07. The van der Waals surface area contributed by atoms with Gasteiger partial charge in [0.05, 0.1) is 0 Å². The first kappa shape index (κ1) is 12.2. The minimum Gasteiger partial charge on any atom is -0.477 e. The van der Waals surface area contributed by atoms with E-state index in [1.165, 1.54) is 0 Å². The summed E-state index contributed by atoms with van der Waals surface area (Å²) in [6, 6.07) is 0.752. The predicted molar refractivity (Wildman–Crippen MR) is 45.7 cm³/mol. The Morgan fingerprint density at radius 1 is 1.50 bits per heavy atom. The van der Waals surface area contributed by atoms with Gasteiger partial charge in [-0.05, 0) is 6.07 Å².